The Morgan fingerprint density at radius 2 is 2.04 bits per heavy atom. The molecule has 0 fully saturated rings. The molecule has 0 aliphatic heterocycles. The van der Waals surface area contributed by atoms with Crippen molar-refractivity contribution < 1.29 is 9.90 Å². The van der Waals surface area contributed by atoms with Crippen LogP contribution in [-0.4, -0.2) is 46.6 Å². The molecule has 2 rings (SSSR count). The number of aliphatic carboxylic acids is 1. The van der Waals surface area contributed by atoms with Crippen LogP contribution in [0, 0.1) is 0 Å². The van der Waals surface area contributed by atoms with E-state index in [1.54, 1.807) is 6.07 Å². The van der Waals surface area contributed by atoms with Crippen molar-refractivity contribution in [3.63, 3.8) is 0 Å². The average molecular weight is 350 g/mol. The van der Waals surface area contributed by atoms with E-state index in [9.17, 15) is 9.90 Å². The maximum atomic E-state index is 11.6. The topological polar surface area (TPSA) is 65.5 Å². The van der Waals surface area contributed by atoms with Crippen molar-refractivity contribution in [3.05, 3.63) is 35.5 Å². The first kappa shape index (κ1) is 18.5. The number of hydrogen-bond acceptors (Lipinski definition) is 4. The second-order valence-electron chi connectivity index (χ2n) is 5.71. The fourth-order valence-electron chi connectivity index (χ4n) is 2.77. The summed E-state index contributed by atoms with van der Waals surface area (Å²) in [6.45, 7) is 7.08. The number of rotatable bonds is 9. The summed E-state index contributed by atoms with van der Waals surface area (Å²) >= 11 is 6.07. The van der Waals surface area contributed by atoms with E-state index in [0.717, 1.165) is 37.0 Å². The Morgan fingerprint density at radius 1 is 1.33 bits per heavy atom. The lowest BCUT2D eigenvalue weighted by molar-refractivity contribution is -0.138. The summed E-state index contributed by atoms with van der Waals surface area (Å²) in [6.07, 6.45) is 1.38. The van der Waals surface area contributed by atoms with Crippen LogP contribution in [0.25, 0.3) is 10.9 Å². The number of halogens is 1. The Morgan fingerprint density at radius 3 is 2.71 bits per heavy atom. The Kier molecular flexibility index (Phi) is 6.82. The highest BCUT2D eigenvalue weighted by Crippen LogP contribution is 2.26. The molecule has 0 saturated heterocycles. The number of para-hydroxylation sites is 1. The van der Waals surface area contributed by atoms with Crippen LogP contribution in [0.4, 0.5) is 5.69 Å². The zero-order valence-corrected chi connectivity index (χ0v) is 14.9. The molecule has 0 aliphatic rings. The van der Waals surface area contributed by atoms with Crippen LogP contribution in [0.2, 0.25) is 5.15 Å². The van der Waals surface area contributed by atoms with Crippen molar-refractivity contribution in [3.8, 4) is 0 Å². The molecule has 1 aromatic carbocycles. The van der Waals surface area contributed by atoms with E-state index < -0.39 is 12.0 Å². The SMILES string of the molecule is CCN(CC)CCCC(Nc1cc(Cl)nc2ccccc12)C(=O)O. The molecule has 0 aliphatic carbocycles. The van der Waals surface area contributed by atoms with Gasteiger partial charge in [0, 0.05) is 11.1 Å². The zero-order valence-electron chi connectivity index (χ0n) is 14.1. The van der Waals surface area contributed by atoms with Crippen molar-refractivity contribution in [1.29, 1.82) is 0 Å². The normalized spacial score (nSPS) is 12.5. The van der Waals surface area contributed by atoms with E-state index in [1.807, 2.05) is 24.3 Å². The lowest BCUT2D eigenvalue weighted by Crippen LogP contribution is -2.31. The highest BCUT2D eigenvalue weighted by molar-refractivity contribution is 6.30. The van der Waals surface area contributed by atoms with Gasteiger partial charge in [0.15, 0.2) is 0 Å². The molecule has 1 unspecified atom stereocenters. The lowest BCUT2D eigenvalue weighted by Gasteiger charge is -2.21. The molecule has 6 heteroatoms. The lowest BCUT2D eigenvalue weighted by atomic mass is 10.1. The molecule has 24 heavy (non-hydrogen) atoms. The van der Waals surface area contributed by atoms with Gasteiger partial charge >= 0.3 is 5.97 Å². The van der Waals surface area contributed by atoms with E-state index in [-0.39, 0.29) is 0 Å². The minimum absolute atomic E-state index is 0.350. The minimum atomic E-state index is -0.855. The predicted molar refractivity (Wildman–Crippen MR) is 98.8 cm³/mol. The molecule has 0 saturated carbocycles. The third-order valence-corrected chi connectivity index (χ3v) is 4.37. The van der Waals surface area contributed by atoms with Crippen LogP contribution in [0.15, 0.2) is 30.3 Å². The van der Waals surface area contributed by atoms with Gasteiger partial charge in [-0.2, -0.15) is 0 Å². The summed E-state index contributed by atoms with van der Waals surface area (Å²) in [5, 5.41) is 13.9. The number of carbonyl (C=O) groups is 1. The molecule has 1 heterocycles. The summed E-state index contributed by atoms with van der Waals surface area (Å²) in [4.78, 5) is 18.2. The first-order valence-electron chi connectivity index (χ1n) is 8.32. The van der Waals surface area contributed by atoms with Gasteiger partial charge in [-0.15, -0.1) is 0 Å². The van der Waals surface area contributed by atoms with Crippen LogP contribution in [0.3, 0.4) is 0 Å². The molecule has 0 amide bonds. The number of carboxylic acid groups (broad SMARTS) is 1. The smallest absolute Gasteiger partial charge is 0.326 e. The Bertz CT molecular complexity index is 689. The quantitative estimate of drug-likeness (QED) is 0.673. The fourth-order valence-corrected chi connectivity index (χ4v) is 2.97. The molecule has 2 N–H and O–H groups in total. The van der Waals surface area contributed by atoms with Crippen LogP contribution in [0.5, 0.6) is 0 Å². The van der Waals surface area contributed by atoms with Crippen molar-refractivity contribution in [2.75, 3.05) is 25.0 Å². The van der Waals surface area contributed by atoms with E-state index in [2.05, 4.69) is 29.0 Å². The molecular formula is C18H24ClN3O2. The number of nitrogens with one attached hydrogen (secondary N) is 1. The van der Waals surface area contributed by atoms with Crippen LogP contribution in [0.1, 0.15) is 26.7 Å². The first-order valence-corrected chi connectivity index (χ1v) is 8.70. The van der Waals surface area contributed by atoms with Crippen LogP contribution < -0.4 is 5.32 Å². The summed E-state index contributed by atoms with van der Waals surface area (Å²) in [6, 6.07) is 8.60. The highest BCUT2D eigenvalue weighted by Gasteiger charge is 2.18. The Hall–Kier alpha value is -1.85. The molecule has 5 nitrogen and oxygen atoms in total. The second-order valence-corrected chi connectivity index (χ2v) is 6.10. The third kappa shape index (κ3) is 4.82. The van der Waals surface area contributed by atoms with Crippen LogP contribution >= 0.6 is 11.6 Å². The van der Waals surface area contributed by atoms with Crippen molar-refractivity contribution in [2.24, 2.45) is 0 Å². The minimum Gasteiger partial charge on any atom is -0.480 e. The number of aromatic nitrogens is 1. The molecule has 0 spiro atoms. The molecule has 0 radical (unpaired) electrons. The van der Waals surface area contributed by atoms with Crippen molar-refractivity contribution >= 4 is 34.2 Å². The number of anilines is 1. The third-order valence-electron chi connectivity index (χ3n) is 4.17. The first-order chi connectivity index (χ1) is 11.5. The van der Waals surface area contributed by atoms with Gasteiger partial charge in [-0.3, -0.25) is 0 Å². The largest absolute Gasteiger partial charge is 0.480 e. The zero-order chi connectivity index (χ0) is 17.5. The molecule has 1 atom stereocenters. The highest BCUT2D eigenvalue weighted by atomic mass is 35.5. The number of fused-ring (bicyclic) bond motifs is 1. The van der Waals surface area contributed by atoms with E-state index >= 15 is 0 Å². The van der Waals surface area contributed by atoms with Crippen LogP contribution in [-0.2, 0) is 4.79 Å². The number of carboxylic acids is 1. The predicted octanol–water partition coefficient (Wildman–Crippen LogP) is 3.88. The van der Waals surface area contributed by atoms with Gasteiger partial charge in [0.2, 0.25) is 0 Å². The second kappa shape index (κ2) is 8.85. The van der Waals surface area contributed by atoms with Gasteiger partial charge in [0.05, 0.1) is 5.52 Å². The number of benzene rings is 1. The van der Waals surface area contributed by atoms with Gasteiger partial charge in [-0.25, -0.2) is 9.78 Å². The summed E-state index contributed by atoms with van der Waals surface area (Å²) in [5.41, 5.74) is 1.46. The van der Waals surface area contributed by atoms with Crippen molar-refractivity contribution in [1.82, 2.24) is 9.88 Å². The summed E-state index contributed by atoms with van der Waals surface area (Å²) in [5.74, 6) is -0.855. The average Bonchev–Trinajstić information content (AvgIpc) is 2.57. The number of pyridine rings is 1. The standard InChI is InChI=1S/C18H24ClN3O2/c1-3-22(4-2)11-7-10-15(18(23)24)20-16-12-17(19)21-14-9-6-5-8-13(14)16/h5-6,8-9,12,15H,3-4,7,10-11H2,1-2H3,(H,20,21)(H,23,24). The van der Waals surface area contributed by atoms with E-state index in [4.69, 9.17) is 11.6 Å². The summed E-state index contributed by atoms with van der Waals surface area (Å²) < 4.78 is 0. The maximum Gasteiger partial charge on any atom is 0.326 e. The molecular weight excluding hydrogens is 326 g/mol. The van der Waals surface area contributed by atoms with Gasteiger partial charge in [-0.05, 0) is 44.6 Å². The molecule has 0 bridgehead atoms. The number of nitrogens with zero attached hydrogens (tertiary/aromatic N) is 2. The van der Waals surface area contributed by atoms with E-state index in [0.29, 0.717) is 17.3 Å². The summed E-state index contributed by atoms with van der Waals surface area (Å²) in [7, 11) is 0. The fraction of sp³-hybridized carbons (Fsp3) is 0.444. The molecule has 2 aromatic rings. The Balaban J connectivity index is 2.12. The number of hydrogen-bond donors (Lipinski definition) is 2. The van der Waals surface area contributed by atoms with Gasteiger partial charge < -0.3 is 15.3 Å². The van der Waals surface area contributed by atoms with E-state index in [1.165, 1.54) is 0 Å². The Labute approximate surface area is 147 Å². The van der Waals surface area contributed by atoms with Gasteiger partial charge in [-0.1, -0.05) is 43.6 Å². The maximum absolute atomic E-state index is 11.6. The molecule has 130 valence electrons. The molecule has 1 aromatic heterocycles. The van der Waals surface area contributed by atoms with Crippen molar-refractivity contribution in [2.45, 2.75) is 32.7 Å². The van der Waals surface area contributed by atoms with Gasteiger partial charge in [0.25, 0.3) is 0 Å². The monoisotopic (exact) mass is 349 g/mol. The van der Waals surface area contributed by atoms with Gasteiger partial charge in [0.1, 0.15) is 11.2 Å².